The van der Waals surface area contributed by atoms with Crippen LogP contribution in [0, 0.1) is 12.8 Å². The summed E-state index contributed by atoms with van der Waals surface area (Å²) in [5.41, 5.74) is 2.09. The highest BCUT2D eigenvalue weighted by Crippen LogP contribution is 2.24. The molecule has 1 aromatic heterocycles. The Kier molecular flexibility index (Phi) is 3.87. The molecule has 0 radical (unpaired) electrons. The number of rotatable bonds is 2. The minimum Gasteiger partial charge on any atom is -0.341 e. The Morgan fingerprint density at radius 2 is 1.94 bits per heavy atom. The van der Waals surface area contributed by atoms with Crippen molar-refractivity contribution in [3.05, 3.63) is 16.4 Å². The van der Waals surface area contributed by atoms with Crippen molar-refractivity contribution in [3.8, 4) is 0 Å². The fraction of sp³-hybridized carbons (Fsp3) is 0.692. The molecule has 0 atom stereocenters. The summed E-state index contributed by atoms with van der Waals surface area (Å²) < 4.78 is 0. The molecule has 2 rings (SSSR count). The van der Waals surface area contributed by atoms with Crippen LogP contribution >= 0.6 is 11.6 Å². The van der Waals surface area contributed by atoms with E-state index in [2.05, 4.69) is 28.7 Å². The normalized spacial score (nSPS) is 17.5. The first-order valence-electron chi connectivity index (χ1n) is 6.39. The average molecular weight is 254 g/mol. The number of nitrogens with zero attached hydrogens (tertiary/aromatic N) is 3. The number of halogens is 1. The van der Waals surface area contributed by atoms with Gasteiger partial charge in [-0.2, -0.15) is 0 Å². The predicted molar refractivity (Wildman–Crippen MR) is 71.8 cm³/mol. The number of aromatic nitrogens is 2. The van der Waals surface area contributed by atoms with E-state index in [1.54, 1.807) is 0 Å². The molecular formula is C13H20ClN3. The van der Waals surface area contributed by atoms with Gasteiger partial charge in [0.05, 0.1) is 0 Å². The minimum absolute atomic E-state index is 0.619. The van der Waals surface area contributed by atoms with Crippen LogP contribution in [-0.2, 0) is 6.42 Å². The van der Waals surface area contributed by atoms with Gasteiger partial charge in [-0.05, 0) is 32.1 Å². The van der Waals surface area contributed by atoms with Crippen LogP contribution in [0.5, 0.6) is 0 Å². The summed E-state index contributed by atoms with van der Waals surface area (Å²) in [7, 11) is 0. The Morgan fingerprint density at radius 1 is 1.29 bits per heavy atom. The van der Waals surface area contributed by atoms with Gasteiger partial charge in [-0.3, -0.25) is 0 Å². The summed E-state index contributed by atoms with van der Waals surface area (Å²) >= 11 is 6.20. The lowest BCUT2D eigenvalue weighted by atomic mass is 10.00. The zero-order valence-electron chi connectivity index (χ0n) is 10.8. The standard InChI is InChI=1S/C13H20ClN3/c1-4-11-10(3)15-13(16-12(11)14)17-7-5-9(2)6-8-17/h9H,4-8H2,1-3H3. The van der Waals surface area contributed by atoms with Crippen LogP contribution < -0.4 is 4.90 Å². The number of piperidine rings is 1. The lowest BCUT2D eigenvalue weighted by Crippen LogP contribution is -2.34. The van der Waals surface area contributed by atoms with Crippen LogP contribution in [0.1, 0.15) is 37.9 Å². The van der Waals surface area contributed by atoms with Gasteiger partial charge in [-0.15, -0.1) is 0 Å². The van der Waals surface area contributed by atoms with E-state index >= 15 is 0 Å². The maximum Gasteiger partial charge on any atom is 0.226 e. The Labute approximate surface area is 108 Å². The van der Waals surface area contributed by atoms with E-state index < -0.39 is 0 Å². The second-order valence-electron chi connectivity index (χ2n) is 4.90. The third-order valence-corrected chi connectivity index (χ3v) is 3.88. The van der Waals surface area contributed by atoms with Crippen LogP contribution in [-0.4, -0.2) is 23.1 Å². The molecule has 0 amide bonds. The van der Waals surface area contributed by atoms with E-state index in [1.807, 2.05) is 6.92 Å². The molecule has 94 valence electrons. The van der Waals surface area contributed by atoms with Gasteiger partial charge in [0.1, 0.15) is 5.15 Å². The van der Waals surface area contributed by atoms with Gasteiger partial charge in [0.2, 0.25) is 5.95 Å². The topological polar surface area (TPSA) is 29.0 Å². The second-order valence-corrected chi connectivity index (χ2v) is 5.26. The van der Waals surface area contributed by atoms with Crippen LogP contribution in [0.25, 0.3) is 0 Å². The SMILES string of the molecule is CCc1c(C)nc(N2CCC(C)CC2)nc1Cl. The molecule has 1 saturated heterocycles. The first-order valence-corrected chi connectivity index (χ1v) is 6.77. The van der Waals surface area contributed by atoms with E-state index in [0.717, 1.165) is 42.6 Å². The fourth-order valence-electron chi connectivity index (χ4n) is 2.30. The van der Waals surface area contributed by atoms with Crippen LogP contribution in [0.3, 0.4) is 0 Å². The maximum absolute atomic E-state index is 6.20. The third-order valence-electron chi connectivity index (χ3n) is 3.57. The predicted octanol–water partition coefficient (Wildman–Crippen LogP) is 3.24. The first kappa shape index (κ1) is 12.6. The quantitative estimate of drug-likeness (QED) is 0.758. The van der Waals surface area contributed by atoms with E-state index in [-0.39, 0.29) is 0 Å². The zero-order valence-corrected chi connectivity index (χ0v) is 11.6. The molecular weight excluding hydrogens is 234 g/mol. The van der Waals surface area contributed by atoms with Gasteiger partial charge in [-0.25, -0.2) is 9.97 Å². The highest BCUT2D eigenvalue weighted by molar-refractivity contribution is 6.30. The molecule has 1 aliphatic rings. The first-order chi connectivity index (χ1) is 8.11. The average Bonchev–Trinajstić information content (AvgIpc) is 2.29. The van der Waals surface area contributed by atoms with Crippen LogP contribution in [0.2, 0.25) is 5.15 Å². The number of hydrogen-bond donors (Lipinski definition) is 0. The van der Waals surface area contributed by atoms with Crippen molar-refractivity contribution in [2.75, 3.05) is 18.0 Å². The number of anilines is 1. The lowest BCUT2D eigenvalue weighted by Gasteiger charge is -2.30. The number of aryl methyl sites for hydroxylation is 1. The molecule has 0 aliphatic carbocycles. The molecule has 4 heteroatoms. The van der Waals surface area contributed by atoms with E-state index in [0.29, 0.717) is 5.15 Å². The third kappa shape index (κ3) is 2.71. The summed E-state index contributed by atoms with van der Waals surface area (Å²) in [5, 5.41) is 0.619. The van der Waals surface area contributed by atoms with E-state index in [1.165, 1.54) is 12.8 Å². The van der Waals surface area contributed by atoms with Gasteiger partial charge in [0.15, 0.2) is 0 Å². The smallest absolute Gasteiger partial charge is 0.226 e. The van der Waals surface area contributed by atoms with E-state index in [9.17, 15) is 0 Å². The van der Waals surface area contributed by atoms with Crippen molar-refractivity contribution in [1.82, 2.24) is 9.97 Å². The molecule has 0 N–H and O–H groups in total. The molecule has 0 saturated carbocycles. The van der Waals surface area contributed by atoms with Crippen molar-refractivity contribution in [1.29, 1.82) is 0 Å². The second kappa shape index (κ2) is 5.21. The highest BCUT2D eigenvalue weighted by Gasteiger charge is 2.19. The molecule has 0 unspecified atom stereocenters. The molecule has 0 spiro atoms. The Hall–Kier alpha value is -0.830. The van der Waals surface area contributed by atoms with Gasteiger partial charge in [0, 0.05) is 24.3 Å². The summed E-state index contributed by atoms with van der Waals surface area (Å²) in [6.45, 7) is 8.49. The number of hydrogen-bond acceptors (Lipinski definition) is 3. The molecule has 1 aromatic rings. The van der Waals surface area contributed by atoms with Crippen LogP contribution in [0.4, 0.5) is 5.95 Å². The Bertz CT molecular complexity index is 375. The summed E-state index contributed by atoms with van der Waals surface area (Å²) in [4.78, 5) is 11.3. The molecule has 3 nitrogen and oxygen atoms in total. The largest absolute Gasteiger partial charge is 0.341 e. The maximum atomic E-state index is 6.20. The molecule has 1 aliphatic heterocycles. The van der Waals surface area contributed by atoms with Gasteiger partial charge < -0.3 is 4.90 Å². The van der Waals surface area contributed by atoms with Crippen molar-refractivity contribution in [3.63, 3.8) is 0 Å². The monoisotopic (exact) mass is 253 g/mol. The Morgan fingerprint density at radius 3 is 2.47 bits per heavy atom. The molecule has 0 aromatic carbocycles. The van der Waals surface area contributed by atoms with Crippen LogP contribution in [0.15, 0.2) is 0 Å². The highest BCUT2D eigenvalue weighted by atomic mass is 35.5. The zero-order chi connectivity index (χ0) is 12.4. The van der Waals surface area contributed by atoms with Crippen molar-refractivity contribution >= 4 is 17.5 Å². The molecule has 17 heavy (non-hydrogen) atoms. The van der Waals surface area contributed by atoms with Gasteiger partial charge in [0.25, 0.3) is 0 Å². The lowest BCUT2D eigenvalue weighted by molar-refractivity contribution is 0.434. The molecule has 1 fully saturated rings. The van der Waals surface area contributed by atoms with Crippen molar-refractivity contribution < 1.29 is 0 Å². The summed E-state index contributed by atoms with van der Waals surface area (Å²) in [5.74, 6) is 1.62. The van der Waals surface area contributed by atoms with Crippen molar-refractivity contribution in [2.45, 2.75) is 40.0 Å². The van der Waals surface area contributed by atoms with E-state index in [4.69, 9.17) is 11.6 Å². The van der Waals surface area contributed by atoms with Gasteiger partial charge in [-0.1, -0.05) is 25.4 Å². The fourth-order valence-corrected chi connectivity index (χ4v) is 2.64. The van der Waals surface area contributed by atoms with Gasteiger partial charge >= 0.3 is 0 Å². The molecule has 2 heterocycles. The van der Waals surface area contributed by atoms with Crippen molar-refractivity contribution in [2.24, 2.45) is 5.92 Å². The summed E-state index contributed by atoms with van der Waals surface area (Å²) in [6.07, 6.45) is 3.33. The minimum atomic E-state index is 0.619. The summed E-state index contributed by atoms with van der Waals surface area (Å²) in [6, 6.07) is 0. The Balaban J connectivity index is 2.22. The molecule has 0 bridgehead atoms.